The number of para-hydroxylation sites is 10. The Balaban J connectivity index is 0.000000100. The molecule has 2 aliphatic heterocycles. The molecule has 0 aliphatic carbocycles. The summed E-state index contributed by atoms with van der Waals surface area (Å²) in [6.07, 6.45) is 11.5. The molecular formula is C107H79N15O4S. The van der Waals surface area contributed by atoms with Crippen LogP contribution in [0.15, 0.2) is 397 Å². The maximum absolute atomic E-state index is 12.0. The second kappa shape index (κ2) is 35.8. The fourth-order valence-electron chi connectivity index (χ4n) is 16.3. The second-order valence-corrected chi connectivity index (χ2v) is 31.6. The first kappa shape index (κ1) is 78.8. The van der Waals surface area contributed by atoms with Gasteiger partial charge in [-0.05, 0) is 195 Å². The Morgan fingerprint density at radius 2 is 0.693 bits per heavy atom. The molecule has 6 N–H and O–H groups in total. The van der Waals surface area contributed by atoms with Gasteiger partial charge in [0.2, 0.25) is 5.89 Å². The highest BCUT2D eigenvalue weighted by Gasteiger charge is 2.29. The number of aromatic nitrogens is 9. The molecule has 24 rings (SSSR count). The van der Waals surface area contributed by atoms with Crippen LogP contribution < -0.4 is 31.5 Å². The first-order chi connectivity index (χ1) is 62.7. The van der Waals surface area contributed by atoms with Gasteiger partial charge >= 0.3 is 0 Å². The van der Waals surface area contributed by atoms with Crippen LogP contribution in [0.1, 0.15) is 29.6 Å². The van der Waals surface area contributed by atoms with Gasteiger partial charge in [-0.3, -0.25) is 14.6 Å². The summed E-state index contributed by atoms with van der Waals surface area (Å²) in [5, 5.41) is 46.0. The monoisotopic (exact) mass is 1670 g/mol. The van der Waals surface area contributed by atoms with Crippen LogP contribution in [0.2, 0.25) is 0 Å². The fourth-order valence-corrected chi connectivity index (χ4v) is 17.2. The van der Waals surface area contributed by atoms with Crippen LogP contribution in [-0.2, 0) is 4.79 Å². The minimum atomic E-state index is -0.586. The maximum atomic E-state index is 12.0. The van der Waals surface area contributed by atoms with Crippen LogP contribution in [0.5, 0.6) is 5.75 Å². The van der Waals surface area contributed by atoms with Gasteiger partial charge in [-0.2, -0.15) is 0 Å². The van der Waals surface area contributed by atoms with E-state index in [1.54, 1.807) is 36.7 Å². The summed E-state index contributed by atoms with van der Waals surface area (Å²) < 4.78 is 7.96. The number of piperidine rings is 1. The van der Waals surface area contributed by atoms with Gasteiger partial charge in [0.1, 0.15) is 5.75 Å². The van der Waals surface area contributed by atoms with Gasteiger partial charge in [-0.15, -0.1) is 10.2 Å². The van der Waals surface area contributed by atoms with Crippen molar-refractivity contribution >= 4 is 189 Å². The number of nitrogens with one attached hydrogen (secondary N) is 5. The lowest BCUT2D eigenvalue weighted by molar-refractivity contribution is -0.112. The Kier molecular flexibility index (Phi) is 22.2. The average molecular weight is 1670 g/mol. The van der Waals surface area contributed by atoms with Gasteiger partial charge < -0.3 is 45.6 Å². The molecule has 10 heterocycles. The van der Waals surface area contributed by atoms with E-state index in [0.717, 1.165) is 171 Å². The van der Waals surface area contributed by atoms with Crippen molar-refractivity contribution in [2.75, 3.05) is 44.6 Å². The molecule has 612 valence electrons. The molecular weight excluding hydrogens is 1590 g/mol. The third-order valence-electron chi connectivity index (χ3n) is 22.4. The number of phenols is 1. The maximum Gasteiger partial charge on any atom is 0.296 e. The van der Waals surface area contributed by atoms with Gasteiger partial charge in [0, 0.05) is 142 Å². The van der Waals surface area contributed by atoms with Crippen LogP contribution in [0.3, 0.4) is 0 Å². The third kappa shape index (κ3) is 17.0. The van der Waals surface area contributed by atoms with E-state index in [1.165, 1.54) is 49.8 Å². The number of carbonyl (C=O) groups excluding carboxylic acids is 2. The Bertz CT molecular complexity index is 7580. The molecule has 14 aromatic carbocycles. The van der Waals surface area contributed by atoms with Crippen LogP contribution in [0.25, 0.3) is 126 Å². The molecule has 0 bridgehead atoms. The minimum absolute atomic E-state index is 0.243. The van der Waals surface area contributed by atoms with Crippen molar-refractivity contribution in [2.45, 2.75) is 29.4 Å². The number of rotatable bonds is 13. The number of ketones is 1. The number of anilines is 10. The number of benzene rings is 14. The van der Waals surface area contributed by atoms with E-state index in [9.17, 15) is 14.7 Å². The van der Waals surface area contributed by atoms with Crippen molar-refractivity contribution in [1.29, 1.82) is 0 Å². The van der Waals surface area contributed by atoms with E-state index < -0.39 is 11.7 Å². The molecule has 0 spiro atoms. The fraction of sp³-hybridized carbons (Fsp3) is 0.0467. The van der Waals surface area contributed by atoms with Crippen LogP contribution >= 0.6 is 11.8 Å². The lowest BCUT2D eigenvalue weighted by Gasteiger charge is -2.29. The minimum Gasteiger partial charge on any atom is -0.508 e. The molecule has 0 saturated carbocycles. The zero-order valence-corrected chi connectivity index (χ0v) is 69.3. The van der Waals surface area contributed by atoms with Crippen molar-refractivity contribution in [3.8, 4) is 22.9 Å². The Labute approximate surface area is 733 Å². The number of phenolic OH excluding ortho intramolecular Hbond substituents is 1. The van der Waals surface area contributed by atoms with E-state index in [2.05, 4.69) is 197 Å². The molecule has 2 aliphatic rings. The highest BCUT2D eigenvalue weighted by molar-refractivity contribution is 7.99. The summed E-state index contributed by atoms with van der Waals surface area (Å²) in [6, 6.07) is 119. The van der Waals surface area contributed by atoms with E-state index in [1.807, 2.05) is 200 Å². The van der Waals surface area contributed by atoms with E-state index in [-0.39, 0.29) is 5.75 Å². The van der Waals surface area contributed by atoms with Crippen LogP contribution in [0, 0.1) is 0 Å². The predicted molar refractivity (Wildman–Crippen MR) is 517 cm³/mol. The quantitative estimate of drug-likeness (QED) is 0.0465. The number of fused-ring (bicyclic) bond motifs is 11. The summed E-state index contributed by atoms with van der Waals surface area (Å²) in [7, 11) is 0. The number of Topliss-reactive ketones (excluding diaryl/α,β-unsaturated/α-hetero) is 1. The number of hydrogen-bond donors (Lipinski definition) is 6. The summed E-state index contributed by atoms with van der Waals surface area (Å²) in [5.41, 5.74) is 21.8. The largest absolute Gasteiger partial charge is 0.508 e. The summed E-state index contributed by atoms with van der Waals surface area (Å²) in [5.74, 6) is -0.365. The summed E-state index contributed by atoms with van der Waals surface area (Å²) in [6.45, 7) is 2.35. The van der Waals surface area contributed by atoms with Crippen molar-refractivity contribution in [3.05, 3.63) is 388 Å². The molecule has 1 fully saturated rings. The number of pyridine rings is 6. The van der Waals surface area contributed by atoms with Gasteiger partial charge in [0.25, 0.3) is 16.9 Å². The Morgan fingerprint density at radius 1 is 0.339 bits per heavy atom. The second-order valence-electron chi connectivity index (χ2n) is 30.6. The topological polar surface area (TPSA) is 239 Å². The first-order valence-corrected chi connectivity index (χ1v) is 42.7. The summed E-state index contributed by atoms with van der Waals surface area (Å²) in [4.78, 5) is 54.9. The van der Waals surface area contributed by atoms with Gasteiger partial charge in [0.05, 0.1) is 89.2 Å². The van der Waals surface area contributed by atoms with Crippen molar-refractivity contribution in [1.82, 2.24) is 44.7 Å². The average Bonchev–Trinajstić information content (AvgIpc) is 1.69. The lowest BCUT2D eigenvalue weighted by atomic mass is 10.1. The van der Waals surface area contributed by atoms with Gasteiger partial charge in [-0.25, -0.2) is 24.9 Å². The number of amides is 1. The highest BCUT2D eigenvalue weighted by Crippen LogP contribution is 2.42. The number of aromatic hydroxyl groups is 1. The molecule has 1 saturated heterocycles. The standard InChI is InChI=1S/C24H23N3.C23H17N3.C21H13N3O2.C20H12N4OS.C19H14N2O/c1-6-16-27(17-7-1)19-14-12-18(13-15-19)25-24-20-8-2-4-10-22(20)26-23-11-5-3-9-21(23)24;1-3-9-21-19(7-1)23(20-8-2-4-10-22(20)25-21)24-17-11-13-18(14-12-17)26-15-5-6-16-26;25-20-15-11-12(9-10-18(15)24-21(20)26)22-19-13-5-1-3-7-16(13)23-17-8-4-2-6-14(17)19;1-3-7-16-14(5-1)18(15-6-2-4-8-17(15)22-16)26-20-24-23-19(25-20)13-9-11-21-12-10-13;22-14-7-5-6-13(12-14)20-19-15-8-1-3-10-17(15)21-18-11-4-2-9-16(18)19/h2-5,8-15H,1,6-7,16-17H2,(H,25,26);1-16H,(H,24,25);1-11H,(H,22,23)(H,24,25,26);1-12H;1-12,22H,(H,20,21). The Hall–Kier alpha value is -16.7. The molecule has 19 nitrogen and oxygen atoms in total. The third-order valence-corrected chi connectivity index (χ3v) is 23.4. The summed E-state index contributed by atoms with van der Waals surface area (Å²) >= 11 is 1.47. The van der Waals surface area contributed by atoms with Crippen molar-refractivity contribution < 1.29 is 19.1 Å². The predicted octanol–water partition coefficient (Wildman–Crippen LogP) is 26.1. The molecule has 0 unspecified atom stereocenters. The van der Waals surface area contributed by atoms with E-state index in [0.29, 0.717) is 22.4 Å². The number of hydrogen-bond acceptors (Lipinski definition) is 18. The lowest BCUT2D eigenvalue weighted by Crippen LogP contribution is -2.29. The van der Waals surface area contributed by atoms with Gasteiger partial charge in [0.15, 0.2) is 0 Å². The van der Waals surface area contributed by atoms with E-state index in [4.69, 9.17) is 29.3 Å². The molecule has 1 amide bonds. The first-order valence-electron chi connectivity index (χ1n) is 41.9. The smallest absolute Gasteiger partial charge is 0.296 e. The Morgan fingerprint density at radius 3 is 1.09 bits per heavy atom. The SMILES string of the molecule is O=C1Nc2ccc(Nc3c4ccccc4nc4ccccc34)cc2C1=O.Oc1cccc(Nc2c3ccccc3nc3ccccc23)c1.c1ccc2c(Nc3ccc(-n4cccc4)cc3)c3ccccc3nc2c1.c1ccc2c(Nc3ccc(N4CCCCC4)cc3)c3ccccc3nc2c1.c1ccc2c(Sc3nnc(-c4ccncc4)o3)c3ccccc3nc2c1. The molecule has 20 heteroatoms. The molecule has 22 aromatic rings. The van der Waals surface area contributed by atoms with Crippen molar-refractivity contribution in [2.24, 2.45) is 0 Å². The highest BCUT2D eigenvalue weighted by atomic mass is 32.2. The normalized spacial score (nSPS) is 12.2. The number of nitrogens with zero attached hydrogens (tertiary/aromatic N) is 10. The van der Waals surface area contributed by atoms with Crippen LogP contribution in [-0.4, -0.2) is 74.6 Å². The van der Waals surface area contributed by atoms with Gasteiger partial charge in [-0.1, -0.05) is 188 Å². The van der Waals surface area contributed by atoms with E-state index >= 15 is 0 Å². The zero-order valence-electron chi connectivity index (χ0n) is 68.5. The molecule has 0 atom stereocenters. The molecule has 127 heavy (non-hydrogen) atoms. The van der Waals surface area contributed by atoms with Crippen LogP contribution in [0.4, 0.5) is 56.9 Å². The molecule has 8 aromatic heterocycles. The zero-order chi connectivity index (χ0) is 85.4. The molecule has 0 radical (unpaired) electrons. The number of carbonyl (C=O) groups is 2. The van der Waals surface area contributed by atoms with Crippen molar-refractivity contribution in [3.63, 3.8) is 0 Å².